The quantitative estimate of drug-likeness (QED) is 0.801. The Morgan fingerprint density at radius 2 is 2.24 bits per heavy atom. The van der Waals surface area contributed by atoms with Crippen molar-refractivity contribution in [2.75, 3.05) is 6.54 Å². The molecule has 1 atom stereocenters. The zero-order valence-corrected chi connectivity index (χ0v) is 10.9. The summed E-state index contributed by atoms with van der Waals surface area (Å²) in [5, 5.41) is 16.4. The van der Waals surface area contributed by atoms with Crippen molar-refractivity contribution in [2.45, 2.75) is 33.3 Å². The fourth-order valence-electron chi connectivity index (χ4n) is 1.60. The summed E-state index contributed by atoms with van der Waals surface area (Å²) in [6.07, 6.45) is 0.186. The predicted molar refractivity (Wildman–Crippen MR) is 65.7 cm³/mol. The Hall–Kier alpha value is -1.36. The van der Waals surface area contributed by atoms with Crippen molar-refractivity contribution in [2.24, 2.45) is 13.0 Å². The average molecular weight is 239 g/mol. The number of nitrogens with one attached hydrogen (secondary N) is 1. The third kappa shape index (κ3) is 4.19. The van der Waals surface area contributed by atoms with Crippen LogP contribution in [0.2, 0.25) is 0 Å². The highest BCUT2D eigenvalue weighted by Crippen LogP contribution is 2.04. The van der Waals surface area contributed by atoms with Gasteiger partial charge in [0.15, 0.2) is 0 Å². The number of hydrogen-bond acceptors (Lipinski definition) is 3. The minimum absolute atomic E-state index is 0.239. The van der Waals surface area contributed by atoms with Gasteiger partial charge in [-0.05, 0) is 25.3 Å². The molecule has 96 valence electrons. The molecule has 0 bridgehead atoms. The second-order valence-corrected chi connectivity index (χ2v) is 4.79. The zero-order valence-electron chi connectivity index (χ0n) is 10.9. The van der Waals surface area contributed by atoms with Crippen LogP contribution in [-0.2, 0) is 7.05 Å². The molecule has 1 unspecified atom stereocenters. The molecule has 1 aromatic rings. The van der Waals surface area contributed by atoms with E-state index in [2.05, 4.69) is 10.4 Å². The van der Waals surface area contributed by atoms with Crippen LogP contribution in [0.15, 0.2) is 6.07 Å². The van der Waals surface area contributed by atoms with Crippen molar-refractivity contribution >= 4 is 5.91 Å². The third-order valence-electron chi connectivity index (χ3n) is 2.59. The van der Waals surface area contributed by atoms with E-state index in [1.807, 2.05) is 20.8 Å². The molecule has 0 saturated carbocycles. The Bertz CT molecular complexity index is 366. The van der Waals surface area contributed by atoms with Crippen LogP contribution < -0.4 is 5.32 Å². The number of rotatable bonds is 5. The van der Waals surface area contributed by atoms with Gasteiger partial charge in [0.05, 0.1) is 6.10 Å². The number of aliphatic hydroxyl groups is 1. The van der Waals surface area contributed by atoms with Crippen LogP contribution in [0.3, 0.4) is 0 Å². The Kier molecular flexibility index (Phi) is 4.69. The lowest BCUT2D eigenvalue weighted by molar-refractivity contribution is 0.0895. The van der Waals surface area contributed by atoms with Gasteiger partial charge in [0.25, 0.3) is 5.91 Å². The first-order chi connectivity index (χ1) is 7.90. The van der Waals surface area contributed by atoms with Gasteiger partial charge in [-0.15, -0.1) is 0 Å². The Morgan fingerprint density at radius 3 is 2.71 bits per heavy atom. The number of aryl methyl sites for hydroxylation is 2. The summed E-state index contributed by atoms with van der Waals surface area (Å²) >= 11 is 0. The molecule has 17 heavy (non-hydrogen) atoms. The van der Waals surface area contributed by atoms with Gasteiger partial charge in [0, 0.05) is 19.3 Å². The fraction of sp³-hybridized carbons (Fsp3) is 0.667. The van der Waals surface area contributed by atoms with Crippen molar-refractivity contribution in [3.63, 3.8) is 0 Å². The molecule has 1 aromatic heterocycles. The van der Waals surface area contributed by atoms with E-state index in [0.717, 1.165) is 5.69 Å². The summed E-state index contributed by atoms with van der Waals surface area (Å²) in [6.45, 7) is 6.23. The van der Waals surface area contributed by atoms with Gasteiger partial charge in [-0.1, -0.05) is 13.8 Å². The van der Waals surface area contributed by atoms with Crippen LogP contribution in [0.5, 0.6) is 0 Å². The van der Waals surface area contributed by atoms with Crippen LogP contribution in [0.25, 0.3) is 0 Å². The van der Waals surface area contributed by atoms with Crippen LogP contribution >= 0.6 is 0 Å². The molecule has 0 spiro atoms. The van der Waals surface area contributed by atoms with Crippen LogP contribution in [0.1, 0.15) is 36.5 Å². The maximum absolute atomic E-state index is 11.7. The van der Waals surface area contributed by atoms with E-state index in [4.69, 9.17) is 0 Å². The topological polar surface area (TPSA) is 67.2 Å². The van der Waals surface area contributed by atoms with Gasteiger partial charge in [0.2, 0.25) is 0 Å². The molecule has 1 heterocycles. The summed E-state index contributed by atoms with van der Waals surface area (Å²) < 4.78 is 1.65. The lowest BCUT2D eigenvalue weighted by atomic mass is 10.1. The molecule has 0 saturated heterocycles. The van der Waals surface area contributed by atoms with Gasteiger partial charge in [-0.3, -0.25) is 9.48 Å². The van der Waals surface area contributed by atoms with E-state index < -0.39 is 6.10 Å². The van der Waals surface area contributed by atoms with Gasteiger partial charge in [0.1, 0.15) is 5.69 Å². The molecule has 0 aliphatic rings. The van der Waals surface area contributed by atoms with E-state index in [9.17, 15) is 9.90 Å². The minimum Gasteiger partial charge on any atom is -0.391 e. The molecular weight excluding hydrogens is 218 g/mol. The smallest absolute Gasteiger partial charge is 0.271 e. The van der Waals surface area contributed by atoms with Gasteiger partial charge < -0.3 is 10.4 Å². The van der Waals surface area contributed by atoms with Crippen molar-refractivity contribution in [1.82, 2.24) is 15.1 Å². The Balaban J connectivity index is 2.45. The number of carbonyl (C=O) groups is 1. The molecule has 1 amide bonds. The van der Waals surface area contributed by atoms with Crippen LogP contribution in [0.4, 0.5) is 0 Å². The predicted octanol–water partition coefficient (Wildman–Crippen LogP) is 0.865. The number of nitrogens with zero attached hydrogens (tertiary/aromatic N) is 2. The van der Waals surface area contributed by atoms with E-state index in [1.165, 1.54) is 0 Å². The largest absolute Gasteiger partial charge is 0.391 e. The van der Waals surface area contributed by atoms with Gasteiger partial charge >= 0.3 is 0 Å². The molecule has 0 aliphatic carbocycles. The maximum atomic E-state index is 11.7. The third-order valence-corrected chi connectivity index (χ3v) is 2.59. The standard InChI is InChI=1S/C12H21N3O2/c1-8(2)5-10(16)7-13-12(17)11-6-9(3)15(4)14-11/h6,8,10,16H,5,7H2,1-4H3,(H,13,17). The highest BCUT2D eigenvalue weighted by molar-refractivity contribution is 5.92. The number of aliphatic hydroxyl groups excluding tert-OH is 1. The normalized spacial score (nSPS) is 12.8. The lowest BCUT2D eigenvalue weighted by Gasteiger charge is -2.13. The van der Waals surface area contributed by atoms with Gasteiger partial charge in [-0.25, -0.2) is 0 Å². The van der Waals surface area contributed by atoms with Crippen LogP contribution in [0, 0.1) is 12.8 Å². The maximum Gasteiger partial charge on any atom is 0.271 e. The second-order valence-electron chi connectivity index (χ2n) is 4.79. The molecule has 1 rings (SSSR count). The first-order valence-electron chi connectivity index (χ1n) is 5.87. The number of hydrogen-bond donors (Lipinski definition) is 2. The molecular formula is C12H21N3O2. The number of amides is 1. The molecule has 5 heteroatoms. The molecule has 0 radical (unpaired) electrons. The van der Waals surface area contributed by atoms with Crippen LogP contribution in [-0.4, -0.2) is 33.4 Å². The SMILES string of the molecule is Cc1cc(C(=O)NCC(O)CC(C)C)nn1C. The molecule has 5 nitrogen and oxygen atoms in total. The van der Waals surface area contributed by atoms with Crippen molar-refractivity contribution in [3.05, 3.63) is 17.5 Å². The average Bonchev–Trinajstić information content (AvgIpc) is 2.55. The van der Waals surface area contributed by atoms with Crippen molar-refractivity contribution < 1.29 is 9.90 Å². The molecule has 0 fully saturated rings. The molecule has 2 N–H and O–H groups in total. The molecule has 0 aliphatic heterocycles. The highest BCUT2D eigenvalue weighted by Gasteiger charge is 2.13. The fourth-order valence-corrected chi connectivity index (χ4v) is 1.60. The van der Waals surface area contributed by atoms with E-state index in [1.54, 1.807) is 17.8 Å². The van der Waals surface area contributed by atoms with E-state index in [-0.39, 0.29) is 12.5 Å². The highest BCUT2D eigenvalue weighted by atomic mass is 16.3. The van der Waals surface area contributed by atoms with E-state index >= 15 is 0 Å². The number of carbonyl (C=O) groups excluding carboxylic acids is 1. The Labute approximate surface area is 102 Å². The second kappa shape index (κ2) is 5.82. The van der Waals surface area contributed by atoms with Crippen molar-refractivity contribution in [3.8, 4) is 0 Å². The molecule has 0 aromatic carbocycles. The first-order valence-corrected chi connectivity index (χ1v) is 5.87. The monoisotopic (exact) mass is 239 g/mol. The summed E-state index contributed by atoms with van der Waals surface area (Å²) in [6, 6.07) is 1.73. The zero-order chi connectivity index (χ0) is 13.0. The summed E-state index contributed by atoms with van der Waals surface area (Å²) in [7, 11) is 1.79. The van der Waals surface area contributed by atoms with Crippen molar-refractivity contribution in [1.29, 1.82) is 0 Å². The van der Waals surface area contributed by atoms with E-state index in [0.29, 0.717) is 18.0 Å². The minimum atomic E-state index is -0.497. The first kappa shape index (κ1) is 13.7. The lowest BCUT2D eigenvalue weighted by Crippen LogP contribution is -2.33. The summed E-state index contributed by atoms with van der Waals surface area (Å²) in [4.78, 5) is 11.7. The Morgan fingerprint density at radius 1 is 1.59 bits per heavy atom. The summed E-state index contributed by atoms with van der Waals surface area (Å²) in [5.74, 6) is 0.176. The summed E-state index contributed by atoms with van der Waals surface area (Å²) in [5.41, 5.74) is 1.32. The number of aromatic nitrogens is 2. The van der Waals surface area contributed by atoms with Gasteiger partial charge in [-0.2, -0.15) is 5.10 Å².